The minimum atomic E-state index is -3.15. The smallest absolute Gasteiger partial charge is 0.211 e. The van der Waals surface area contributed by atoms with Crippen LogP contribution in [0, 0.1) is 5.92 Å². The topological polar surface area (TPSA) is 67.4 Å². The Morgan fingerprint density at radius 3 is 2.79 bits per heavy atom. The average molecular weight is 292 g/mol. The second-order valence-electron chi connectivity index (χ2n) is 5.62. The summed E-state index contributed by atoms with van der Waals surface area (Å²) in [6.07, 6.45) is 4.19. The Kier molecular flexibility index (Phi) is 7.90. The van der Waals surface area contributed by atoms with Gasteiger partial charge in [0.2, 0.25) is 10.0 Å². The zero-order valence-electron chi connectivity index (χ0n) is 12.2. The van der Waals surface area contributed by atoms with Gasteiger partial charge in [-0.2, -0.15) is 0 Å². The molecule has 1 atom stereocenters. The lowest BCUT2D eigenvalue weighted by molar-refractivity contribution is 0.114. The molecule has 0 saturated carbocycles. The Balaban J connectivity index is 2.09. The Morgan fingerprint density at radius 2 is 2.16 bits per heavy atom. The number of piperidine rings is 1. The summed E-state index contributed by atoms with van der Waals surface area (Å²) in [5, 5.41) is 3.36. The van der Waals surface area contributed by atoms with Crippen LogP contribution < -0.4 is 10.0 Å². The van der Waals surface area contributed by atoms with Crippen LogP contribution in [0.5, 0.6) is 0 Å². The molecule has 0 bridgehead atoms. The van der Waals surface area contributed by atoms with Crippen molar-refractivity contribution in [1.82, 2.24) is 10.0 Å². The van der Waals surface area contributed by atoms with Gasteiger partial charge < -0.3 is 10.1 Å². The molecule has 1 saturated heterocycles. The van der Waals surface area contributed by atoms with Gasteiger partial charge in [0, 0.05) is 19.2 Å². The molecule has 0 aromatic heterocycles. The molecular weight excluding hydrogens is 264 g/mol. The first-order valence-electron chi connectivity index (χ1n) is 7.28. The quantitative estimate of drug-likeness (QED) is 0.625. The number of rotatable bonds is 9. The summed E-state index contributed by atoms with van der Waals surface area (Å²) < 4.78 is 31.5. The zero-order valence-corrected chi connectivity index (χ0v) is 13.0. The van der Waals surface area contributed by atoms with E-state index in [0.717, 1.165) is 13.0 Å². The van der Waals surface area contributed by atoms with E-state index in [2.05, 4.69) is 23.9 Å². The third-order valence-corrected chi connectivity index (χ3v) is 4.58. The molecule has 0 amide bonds. The molecule has 1 fully saturated rings. The van der Waals surface area contributed by atoms with E-state index in [1.54, 1.807) is 0 Å². The molecule has 2 N–H and O–H groups in total. The molecular formula is C13H28N2O3S. The Labute approximate surface area is 117 Å². The standard InChI is InChI=1S/C13H28N2O3S/c1-12(2)11-18-9-8-15-19(16,17)10-6-13-5-3-4-7-14-13/h12-15H,3-11H2,1-2H3. The van der Waals surface area contributed by atoms with Crippen LogP contribution in [-0.2, 0) is 14.8 Å². The van der Waals surface area contributed by atoms with Gasteiger partial charge in [-0.3, -0.25) is 0 Å². The molecule has 0 aromatic carbocycles. The van der Waals surface area contributed by atoms with E-state index in [1.165, 1.54) is 12.8 Å². The lowest BCUT2D eigenvalue weighted by atomic mass is 10.0. The molecule has 1 rings (SSSR count). The summed E-state index contributed by atoms with van der Waals surface area (Å²) in [6, 6.07) is 0.363. The van der Waals surface area contributed by atoms with Gasteiger partial charge in [-0.1, -0.05) is 20.3 Å². The van der Waals surface area contributed by atoms with E-state index in [-0.39, 0.29) is 5.75 Å². The second-order valence-corrected chi connectivity index (χ2v) is 7.54. The fourth-order valence-corrected chi connectivity index (χ4v) is 3.26. The molecule has 0 aromatic rings. The van der Waals surface area contributed by atoms with Crippen molar-refractivity contribution < 1.29 is 13.2 Å². The summed E-state index contributed by atoms with van der Waals surface area (Å²) in [5.41, 5.74) is 0. The molecule has 114 valence electrons. The lowest BCUT2D eigenvalue weighted by Crippen LogP contribution is -2.37. The van der Waals surface area contributed by atoms with Gasteiger partial charge in [-0.05, 0) is 31.7 Å². The minimum Gasteiger partial charge on any atom is -0.380 e. The zero-order chi connectivity index (χ0) is 14.1. The van der Waals surface area contributed by atoms with Gasteiger partial charge in [0.1, 0.15) is 0 Å². The summed E-state index contributed by atoms with van der Waals surface area (Å²) in [4.78, 5) is 0. The molecule has 0 aliphatic carbocycles. The maximum atomic E-state index is 11.8. The molecule has 0 radical (unpaired) electrons. The van der Waals surface area contributed by atoms with Crippen LogP contribution in [0.3, 0.4) is 0 Å². The van der Waals surface area contributed by atoms with Gasteiger partial charge in [0.15, 0.2) is 0 Å². The molecule has 19 heavy (non-hydrogen) atoms. The highest BCUT2D eigenvalue weighted by molar-refractivity contribution is 7.89. The van der Waals surface area contributed by atoms with Crippen molar-refractivity contribution in [3.8, 4) is 0 Å². The highest BCUT2D eigenvalue weighted by Crippen LogP contribution is 2.10. The number of hydrogen-bond acceptors (Lipinski definition) is 4. The van der Waals surface area contributed by atoms with E-state index in [9.17, 15) is 8.42 Å². The van der Waals surface area contributed by atoms with E-state index >= 15 is 0 Å². The molecule has 1 aliphatic heterocycles. The van der Waals surface area contributed by atoms with E-state index < -0.39 is 10.0 Å². The minimum absolute atomic E-state index is 0.203. The van der Waals surface area contributed by atoms with Crippen molar-refractivity contribution in [2.24, 2.45) is 5.92 Å². The van der Waals surface area contributed by atoms with Crippen LogP contribution in [0.4, 0.5) is 0 Å². The van der Waals surface area contributed by atoms with Crippen molar-refractivity contribution in [3.05, 3.63) is 0 Å². The summed E-state index contributed by atoms with van der Waals surface area (Å²) in [7, 11) is -3.15. The van der Waals surface area contributed by atoms with Crippen molar-refractivity contribution in [2.75, 3.05) is 32.1 Å². The first-order chi connectivity index (χ1) is 8.99. The van der Waals surface area contributed by atoms with Gasteiger partial charge >= 0.3 is 0 Å². The van der Waals surface area contributed by atoms with E-state index in [1.807, 2.05) is 0 Å². The monoisotopic (exact) mass is 292 g/mol. The van der Waals surface area contributed by atoms with E-state index in [0.29, 0.717) is 38.1 Å². The highest BCUT2D eigenvalue weighted by Gasteiger charge is 2.16. The number of hydrogen-bond donors (Lipinski definition) is 2. The predicted molar refractivity (Wildman–Crippen MR) is 77.7 cm³/mol. The fourth-order valence-electron chi connectivity index (χ4n) is 2.13. The highest BCUT2D eigenvalue weighted by atomic mass is 32.2. The molecule has 1 aliphatic rings. The van der Waals surface area contributed by atoms with Crippen LogP contribution in [0.1, 0.15) is 39.5 Å². The first-order valence-corrected chi connectivity index (χ1v) is 8.93. The maximum absolute atomic E-state index is 11.8. The number of sulfonamides is 1. The molecule has 6 heteroatoms. The summed E-state index contributed by atoms with van der Waals surface area (Å²) in [6.45, 7) is 6.64. The Hall–Kier alpha value is -0.170. The van der Waals surface area contributed by atoms with Crippen LogP contribution >= 0.6 is 0 Å². The second kappa shape index (κ2) is 8.89. The Bertz CT molecular complexity index is 325. The average Bonchev–Trinajstić information content (AvgIpc) is 2.37. The van der Waals surface area contributed by atoms with Crippen LogP contribution in [0.2, 0.25) is 0 Å². The SMILES string of the molecule is CC(C)COCCNS(=O)(=O)CCC1CCCCN1. The molecule has 5 nitrogen and oxygen atoms in total. The predicted octanol–water partition coefficient (Wildman–Crippen LogP) is 1.11. The van der Waals surface area contributed by atoms with Crippen molar-refractivity contribution >= 4 is 10.0 Å². The van der Waals surface area contributed by atoms with Crippen LogP contribution in [0.15, 0.2) is 0 Å². The normalized spacial score (nSPS) is 20.9. The van der Waals surface area contributed by atoms with Crippen molar-refractivity contribution in [2.45, 2.75) is 45.6 Å². The third-order valence-electron chi connectivity index (χ3n) is 3.17. The van der Waals surface area contributed by atoms with Crippen molar-refractivity contribution in [1.29, 1.82) is 0 Å². The largest absolute Gasteiger partial charge is 0.380 e. The van der Waals surface area contributed by atoms with Gasteiger partial charge in [-0.15, -0.1) is 0 Å². The maximum Gasteiger partial charge on any atom is 0.211 e. The third kappa shape index (κ3) is 8.57. The Morgan fingerprint density at radius 1 is 1.37 bits per heavy atom. The van der Waals surface area contributed by atoms with Gasteiger partial charge in [-0.25, -0.2) is 13.1 Å². The number of ether oxygens (including phenoxy) is 1. The molecule has 1 heterocycles. The lowest BCUT2D eigenvalue weighted by Gasteiger charge is -2.23. The number of nitrogens with one attached hydrogen (secondary N) is 2. The van der Waals surface area contributed by atoms with Crippen molar-refractivity contribution in [3.63, 3.8) is 0 Å². The molecule has 0 spiro atoms. The fraction of sp³-hybridized carbons (Fsp3) is 1.00. The summed E-state index contributed by atoms with van der Waals surface area (Å²) >= 11 is 0. The first kappa shape index (κ1) is 16.9. The summed E-state index contributed by atoms with van der Waals surface area (Å²) in [5.74, 6) is 0.684. The van der Waals surface area contributed by atoms with E-state index in [4.69, 9.17) is 4.74 Å². The van der Waals surface area contributed by atoms with Crippen LogP contribution in [-0.4, -0.2) is 46.5 Å². The van der Waals surface area contributed by atoms with Gasteiger partial charge in [0.05, 0.1) is 12.4 Å². The van der Waals surface area contributed by atoms with Gasteiger partial charge in [0.25, 0.3) is 0 Å². The molecule has 1 unspecified atom stereocenters. The van der Waals surface area contributed by atoms with Crippen LogP contribution in [0.25, 0.3) is 0 Å².